The summed E-state index contributed by atoms with van der Waals surface area (Å²) in [6.07, 6.45) is 3.48. The Bertz CT molecular complexity index is 933. The largest absolute Gasteiger partial charge is 0.455 e. The third-order valence-electron chi connectivity index (χ3n) is 5.99. The Kier molecular flexibility index (Phi) is 4.53. The van der Waals surface area contributed by atoms with E-state index in [0.717, 1.165) is 31.1 Å². The molecule has 2 aliphatic heterocycles. The molecule has 6 heteroatoms. The van der Waals surface area contributed by atoms with Gasteiger partial charge in [0.1, 0.15) is 5.76 Å². The topological polar surface area (TPSA) is 58.5 Å². The van der Waals surface area contributed by atoms with Crippen molar-refractivity contribution in [3.8, 4) is 11.7 Å². The summed E-state index contributed by atoms with van der Waals surface area (Å²) in [5.74, 6) is 3.15. The lowest BCUT2D eigenvalue weighted by molar-refractivity contribution is 0.243. The van der Waals surface area contributed by atoms with Crippen LogP contribution in [0.15, 0.2) is 51.4 Å². The van der Waals surface area contributed by atoms with Gasteiger partial charge in [0.15, 0.2) is 11.6 Å². The van der Waals surface area contributed by atoms with Crippen LogP contribution in [0.3, 0.4) is 0 Å². The van der Waals surface area contributed by atoms with E-state index in [-0.39, 0.29) is 0 Å². The minimum atomic E-state index is 0.307. The standard InChI is InChI=1S/C22H26N4O2/c1-25(2)14-16-10-11-20(27-16)22-23-21(24-28-22)17-13-19(15-7-4-3-5-8-15)26-12-6-9-18(17)26/h3-5,7-8,10-11,17-19H,6,9,12-14H2,1-2H3/t17-,18+,19-/m0/s1. The number of benzene rings is 1. The fraction of sp³-hybridized carbons (Fsp3) is 0.455. The number of nitrogens with zero attached hydrogens (tertiary/aromatic N) is 4. The smallest absolute Gasteiger partial charge is 0.293 e. The van der Waals surface area contributed by atoms with Gasteiger partial charge in [-0.25, -0.2) is 0 Å². The second-order valence-electron chi connectivity index (χ2n) is 8.18. The van der Waals surface area contributed by atoms with Crippen molar-refractivity contribution in [2.45, 2.75) is 43.8 Å². The second-order valence-corrected chi connectivity index (χ2v) is 8.18. The maximum absolute atomic E-state index is 5.89. The van der Waals surface area contributed by atoms with E-state index in [1.54, 1.807) is 0 Å². The van der Waals surface area contributed by atoms with Crippen molar-refractivity contribution in [3.63, 3.8) is 0 Å². The van der Waals surface area contributed by atoms with Crippen LogP contribution >= 0.6 is 0 Å². The van der Waals surface area contributed by atoms with E-state index < -0.39 is 0 Å². The molecular formula is C22H26N4O2. The highest BCUT2D eigenvalue weighted by molar-refractivity contribution is 5.44. The molecule has 3 atom stereocenters. The number of rotatable bonds is 5. The maximum Gasteiger partial charge on any atom is 0.293 e. The van der Waals surface area contributed by atoms with Gasteiger partial charge in [-0.3, -0.25) is 4.90 Å². The molecule has 0 aliphatic carbocycles. The SMILES string of the molecule is CN(C)Cc1ccc(-c2nc([C@H]3C[C@@H](c4ccccc4)N4CCC[C@H]34)no2)o1. The van der Waals surface area contributed by atoms with Gasteiger partial charge in [-0.1, -0.05) is 35.5 Å². The molecule has 1 aromatic carbocycles. The normalized spacial score (nSPS) is 24.9. The van der Waals surface area contributed by atoms with E-state index in [1.807, 2.05) is 26.2 Å². The van der Waals surface area contributed by atoms with Gasteiger partial charge in [-0.15, -0.1) is 0 Å². The molecule has 3 aromatic rings. The Balaban J connectivity index is 1.39. The molecule has 5 rings (SSSR count). The lowest BCUT2D eigenvalue weighted by atomic mass is 9.94. The maximum atomic E-state index is 5.89. The van der Waals surface area contributed by atoms with Crippen molar-refractivity contribution in [2.75, 3.05) is 20.6 Å². The van der Waals surface area contributed by atoms with Crippen molar-refractivity contribution in [2.24, 2.45) is 0 Å². The molecule has 28 heavy (non-hydrogen) atoms. The first-order chi connectivity index (χ1) is 13.7. The Morgan fingerprint density at radius 3 is 2.82 bits per heavy atom. The lowest BCUT2D eigenvalue weighted by Gasteiger charge is -2.24. The van der Waals surface area contributed by atoms with Crippen molar-refractivity contribution in [1.82, 2.24) is 19.9 Å². The highest BCUT2D eigenvalue weighted by Gasteiger charge is 2.46. The zero-order valence-electron chi connectivity index (χ0n) is 16.4. The van der Waals surface area contributed by atoms with Crippen LogP contribution < -0.4 is 0 Å². The zero-order valence-corrected chi connectivity index (χ0v) is 16.4. The molecule has 0 amide bonds. The summed E-state index contributed by atoms with van der Waals surface area (Å²) in [6, 6.07) is 15.6. The monoisotopic (exact) mass is 378 g/mol. The van der Waals surface area contributed by atoms with Gasteiger partial charge in [0.05, 0.1) is 6.54 Å². The van der Waals surface area contributed by atoms with Crippen LogP contribution in [0.4, 0.5) is 0 Å². The van der Waals surface area contributed by atoms with Crippen molar-refractivity contribution >= 4 is 0 Å². The number of hydrogen-bond acceptors (Lipinski definition) is 6. The molecule has 6 nitrogen and oxygen atoms in total. The molecule has 146 valence electrons. The van der Waals surface area contributed by atoms with Crippen LogP contribution in [-0.4, -0.2) is 46.6 Å². The molecule has 0 unspecified atom stereocenters. The van der Waals surface area contributed by atoms with E-state index in [9.17, 15) is 0 Å². The third-order valence-corrected chi connectivity index (χ3v) is 5.99. The molecule has 0 radical (unpaired) electrons. The minimum absolute atomic E-state index is 0.307. The molecule has 0 saturated carbocycles. The Morgan fingerprint density at radius 1 is 1.14 bits per heavy atom. The number of fused-ring (bicyclic) bond motifs is 1. The van der Waals surface area contributed by atoms with Crippen LogP contribution in [0.2, 0.25) is 0 Å². The first-order valence-corrected chi connectivity index (χ1v) is 10.1. The van der Waals surface area contributed by atoms with E-state index in [2.05, 4.69) is 45.3 Å². The number of aromatic nitrogens is 2. The molecule has 2 fully saturated rings. The molecule has 2 saturated heterocycles. The van der Waals surface area contributed by atoms with E-state index in [1.165, 1.54) is 18.4 Å². The first-order valence-electron chi connectivity index (χ1n) is 10.1. The highest BCUT2D eigenvalue weighted by Crippen LogP contribution is 2.48. The lowest BCUT2D eigenvalue weighted by Crippen LogP contribution is -2.27. The van der Waals surface area contributed by atoms with Crippen LogP contribution in [0.5, 0.6) is 0 Å². The van der Waals surface area contributed by atoms with E-state index >= 15 is 0 Å². The number of hydrogen-bond donors (Lipinski definition) is 0. The van der Waals surface area contributed by atoms with Crippen molar-refractivity contribution < 1.29 is 8.94 Å². The highest BCUT2D eigenvalue weighted by atomic mass is 16.5. The van der Waals surface area contributed by atoms with Crippen LogP contribution in [0, 0.1) is 0 Å². The molecule has 4 heterocycles. The Morgan fingerprint density at radius 2 is 2.00 bits per heavy atom. The van der Waals surface area contributed by atoms with Gasteiger partial charge < -0.3 is 13.8 Å². The third kappa shape index (κ3) is 3.16. The van der Waals surface area contributed by atoms with Gasteiger partial charge in [0, 0.05) is 18.0 Å². The van der Waals surface area contributed by atoms with E-state index in [0.29, 0.717) is 29.7 Å². The molecule has 2 aliphatic rings. The first kappa shape index (κ1) is 17.6. The quantitative estimate of drug-likeness (QED) is 0.667. The zero-order chi connectivity index (χ0) is 19.1. The predicted molar refractivity (Wildman–Crippen MR) is 106 cm³/mol. The number of furan rings is 1. The van der Waals surface area contributed by atoms with Gasteiger partial charge >= 0.3 is 0 Å². The average Bonchev–Trinajstić information content (AvgIpc) is 3.45. The van der Waals surface area contributed by atoms with Crippen molar-refractivity contribution in [1.29, 1.82) is 0 Å². The second kappa shape index (κ2) is 7.18. The molecule has 0 spiro atoms. The van der Waals surface area contributed by atoms with Crippen LogP contribution in [-0.2, 0) is 6.54 Å². The van der Waals surface area contributed by atoms with Gasteiger partial charge in [0.2, 0.25) is 0 Å². The van der Waals surface area contributed by atoms with Crippen LogP contribution in [0.25, 0.3) is 11.7 Å². The fourth-order valence-corrected chi connectivity index (χ4v) is 4.82. The van der Waals surface area contributed by atoms with Gasteiger partial charge in [-0.2, -0.15) is 4.98 Å². The average molecular weight is 378 g/mol. The molecule has 2 aromatic heterocycles. The van der Waals surface area contributed by atoms with Gasteiger partial charge in [0.25, 0.3) is 5.89 Å². The predicted octanol–water partition coefficient (Wildman–Crippen LogP) is 4.08. The fourth-order valence-electron chi connectivity index (χ4n) is 4.82. The minimum Gasteiger partial charge on any atom is -0.455 e. The van der Waals surface area contributed by atoms with E-state index in [4.69, 9.17) is 13.9 Å². The summed E-state index contributed by atoms with van der Waals surface area (Å²) >= 11 is 0. The molecule has 0 N–H and O–H groups in total. The Hall–Kier alpha value is -2.44. The summed E-state index contributed by atoms with van der Waals surface area (Å²) in [4.78, 5) is 9.44. The molecule has 0 bridgehead atoms. The van der Waals surface area contributed by atoms with Crippen molar-refractivity contribution in [3.05, 3.63) is 59.6 Å². The molecular weight excluding hydrogens is 352 g/mol. The summed E-state index contributed by atoms with van der Waals surface area (Å²) < 4.78 is 11.5. The summed E-state index contributed by atoms with van der Waals surface area (Å²) in [5, 5.41) is 4.35. The van der Waals surface area contributed by atoms with Crippen LogP contribution in [0.1, 0.15) is 48.4 Å². The summed E-state index contributed by atoms with van der Waals surface area (Å²) in [5.41, 5.74) is 1.39. The summed E-state index contributed by atoms with van der Waals surface area (Å²) in [6.45, 7) is 1.90. The van der Waals surface area contributed by atoms with Gasteiger partial charge in [-0.05, 0) is 57.6 Å². The Labute approximate surface area is 165 Å². The summed E-state index contributed by atoms with van der Waals surface area (Å²) in [7, 11) is 4.03.